The van der Waals surface area contributed by atoms with Gasteiger partial charge in [-0.2, -0.15) is 4.31 Å². The highest BCUT2D eigenvalue weighted by Crippen LogP contribution is 2.43. The first-order chi connectivity index (χ1) is 9.59. The van der Waals surface area contributed by atoms with Gasteiger partial charge in [0.05, 0.1) is 12.3 Å². The van der Waals surface area contributed by atoms with Gasteiger partial charge in [-0.05, 0) is 18.1 Å². The van der Waals surface area contributed by atoms with Crippen LogP contribution in [0.15, 0.2) is 16.5 Å². The molecule has 1 saturated carbocycles. The van der Waals surface area contributed by atoms with Crippen molar-refractivity contribution in [3.63, 3.8) is 0 Å². The van der Waals surface area contributed by atoms with Crippen molar-refractivity contribution in [2.75, 3.05) is 12.8 Å². The fourth-order valence-electron chi connectivity index (χ4n) is 2.22. The molecule has 9 heteroatoms. The van der Waals surface area contributed by atoms with Crippen LogP contribution >= 0.6 is 0 Å². The van der Waals surface area contributed by atoms with E-state index in [1.165, 1.54) is 19.2 Å². The Morgan fingerprint density at radius 3 is 2.57 bits per heavy atom. The van der Waals surface area contributed by atoms with Crippen LogP contribution in [0.2, 0.25) is 0 Å². The van der Waals surface area contributed by atoms with E-state index in [0.29, 0.717) is 0 Å². The van der Waals surface area contributed by atoms with Crippen molar-refractivity contribution in [1.29, 1.82) is 0 Å². The summed E-state index contributed by atoms with van der Waals surface area (Å²) in [5.41, 5.74) is 0. The monoisotopic (exact) mass is 323 g/mol. The molecule has 1 aromatic rings. The molecule has 1 aliphatic carbocycles. The van der Waals surface area contributed by atoms with Gasteiger partial charge in [0, 0.05) is 19.9 Å². The maximum Gasteiger partial charge on any atom is 0.371 e. The smallest absolute Gasteiger partial charge is 0.371 e. The lowest BCUT2D eigenvalue weighted by Crippen LogP contribution is -2.42. The molecule has 21 heavy (non-hydrogen) atoms. The number of carboxylic acid groups (broad SMARTS) is 1. The first-order valence-corrected chi connectivity index (χ1v) is 7.84. The van der Waals surface area contributed by atoms with Crippen molar-refractivity contribution in [1.82, 2.24) is 4.31 Å². The molecule has 0 atom stereocenters. The molecule has 1 N–H and O–H groups in total. The number of carbonyl (C=O) groups is 1. The zero-order valence-electron chi connectivity index (χ0n) is 11.3. The van der Waals surface area contributed by atoms with E-state index >= 15 is 0 Å². The third kappa shape index (κ3) is 3.79. The molecule has 2 rings (SSSR count). The van der Waals surface area contributed by atoms with Gasteiger partial charge in [0.2, 0.25) is 21.7 Å². The van der Waals surface area contributed by atoms with Crippen LogP contribution in [-0.2, 0) is 16.6 Å². The van der Waals surface area contributed by atoms with Crippen molar-refractivity contribution in [2.45, 2.75) is 25.3 Å². The van der Waals surface area contributed by atoms with E-state index in [0.717, 1.165) is 4.31 Å². The minimum atomic E-state index is -3.69. The Balaban J connectivity index is 1.95. The maximum atomic E-state index is 12.7. The molecule has 1 aromatic heterocycles. The molecule has 0 bridgehead atoms. The summed E-state index contributed by atoms with van der Waals surface area (Å²) in [7, 11) is -2.39. The summed E-state index contributed by atoms with van der Waals surface area (Å²) >= 11 is 0. The molecule has 1 aliphatic rings. The predicted molar refractivity (Wildman–Crippen MR) is 68.6 cm³/mol. The minimum absolute atomic E-state index is 0.140. The van der Waals surface area contributed by atoms with E-state index in [4.69, 9.17) is 9.52 Å². The molecule has 0 saturated heterocycles. The molecule has 1 fully saturated rings. The fraction of sp³-hybridized carbons (Fsp3) is 0.583. The molecule has 6 nitrogen and oxygen atoms in total. The number of nitrogens with zero attached hydrogens (tertiary/aromatic N) is 1. The second-order valence-electron chi connectivity index (χ2n) is 5.24. The second kappa shape index (κ2) is 5.38. The normalized spacial score (nSPS) is 18.7. The van der Waals surface area contributed by atoms with Crippen LogP contribution < -0.4 is 0 Å². The SMILES string of the molecule is CN(Cc1ccc(C(=O)O)o1)S(=O)(=O)CC1CC(F)(F)C1. The Bertz CT molecular complexity index is 632. The van der Waals surface area contributed by atoms with Gasteiger partial charge in [0.1, 0.15) is 5.76 Å². The molecule has 0 spiro atoms. The Hall–Kier alpha value is -1.48. The van der Waals surface area contributed by atoms with Gasteiger partial charge in [-0.1, -0.05) is 0 Å². The zero-order chi connectivity index (χ0) is 15.8. The van der Waals surface area contributed by atoms with Crippen molar-refractivity contribution < 1.29 is 31.5 Å². The summed E-state index contributed by atoms with van der Waals surface area (Å²) in [6, 6.07) is 2.59. The highest BCUT2D eigenvalue weighted by Gasteiger charge is 2.47. The highest BCUT2D eigenvalue weighted by atomic mass is 32.2. The Morgan fingerprint density at radius 2 is 2.10 bits per heavy atom. The van der Waals surface area contributed by atoms with Crippen LogP contribution in [0.3, 0.4) is 0 Å². The molecule has 0 aromatic carbocycles. The molecule has 0 amide bonds. The van der Waals surface area contributed by atoms with Crippen LogP contribution in [0.25, 0.3) is 0 Å². The zero-order valence-corrected chi connectivity index (χ0v) is 12.1. The van der Waals surface area contributed by atoms with Gasteiger partial charge in [-0.15, -0.1) is 0 Å². The van der Waals surface area contributed by atoms with E-state index in [1.54, 1.807) is 0 Å². The lowest BCUT2D eigenvalue weighted by Gasteiger charge is -2.35. The summed E-state index contributed by atoms with van der Waals surface area (Å²) in [4.78, 5) is 10.7. The van der Waals surface area contributed by atoms with Gasteiger partial charge in [0.25, 0.3) is 0 Å². The molecule has 0 radical (unpaired) electrons. The Labute approximate surface area is 120 Å². The van der Waals surface area contributed by atoms with E-state index < -0.39 is 40.7 Å². The minimum Gasteiger partial charge on any atom is -0.475 e. The Kier molecular flexibility index (Phi) is 4.07. The quantitative estimate of drug-likeness (QED) is 0.862. The van der Waals surface area contributed by atoms with Crippen LogP contribution in [0, 0.1) is 5.92 Å². The van der Waals surface area contributed by atoms with Gasteiger partial charge in [-0.3, -0.25) is 0 Å². The number of halogens is 2. The third-order valence-corrected chi connectivity index (χ3v) is 5.32. The first kappa shape index (κ1) is 15.9. The van der Waals surface area contributed by atoms with Crippen molar-refractivity contribution in [3.05, 3.63) is 23.7 Å². The van der Waals surface area contributed by atoms with Gasteiger partial charge < -0.3 is 9.52 Å². The van der Waals surface area contributed by atoms with E-state index in [9.17, 15) is 22.0 Å². The number of sulfonamides is 1. The number of carboxylic acids is 1. The van der Waals surface area contributed by atoms with Gasteiger partial charge in [-0.25, -0.2) is 22.0 Å². The number of hydrogen-bond acceptors (Lipinski definition) is 4. The fourth-order valence-corrected chi connectivity index (χ4v) is 3.63. The number of rotatable bonds is 6. The standard InChI is InChI=1S/C12H15F2NO5S/c1-15(6-9-2-3-10(20-9)11(16)17)21(18,19)7-8-4-12(13,14)5-8/h2-3,8H,4-7H2,1H3,(H,16,17). The number of furan rings is 1. The van der Waals surface area contributed by atoms with Crippen LogP contribution in [0.5, 0.6) is 0 Å². The number of alkyl halides is 2. The molecule has 1 heterocycles. The first-order valence-electron chi connectivity index (χ1n) is 6.23. The van der Waals surface area contributed by atoms with Crippen LogP contribution in [0.1, 0.15) is 29.2 Å². The van der Waals surface area contributed by atoms with Gasteiger partial charge >= 0.3 is 5.97 Å². The molecular formula is C12H15F2NO5S. The summed E-state index contributed by atoms with van der Waals surface area (Å²) in [5, 5.41) is 8.70. The second-order valence-corrected chi connectivity index (χ2v) is 7.36. The summed E-state index contributed by atoms with van der Waals surface area (Å²) in [5.74, 6) is -4.99. The van der Waals surface area contributed by atoms with Crippen molar-refractivity contribution >= 4 is 16.0 Å². The van der Waals surface area contributed by atoms with E-state index in [-0.39, 0.29) is 23.8 Å². The largest absolute Gasteiger partial charge is 0.475 e. The van der Waals surface area contributed by atoms with Crippen molar-refractivity contribution in [2.24, 2.45) is 5.92 Å². The van der Waals surface area contributed by atoms with Gasteiger partial charge in [0.15, 0.2) is 0 Å². The maximum absolute atomic E-state index is 12.7. The predicted octanol–water partition coefficient (Wildman–Crippen LogP) is 1.78. The van der Waals surface area contributed by atoms with Crippen LogP contribution in [0.4, 0.5) is 8.78 Å². The molecule has 118 valence electrons. The van der Waals surface area contributed by atoms with Crippen LogP contribution in [-0.4, -0.2) is 42.5 Å². The summed E-state index contributed by atoms with van der Waals surface area (Å²) in [6.07, 6.45) is -0.825. The molecular weight excluding hydrogens is 308 g/mol. The molecule has 0 aliphatic heterocycles. The lowest BCUT2D eigenvalue weighted by molar-refractivity contribution is -0.103. The number of hydrogen-bond donors (Lipinski definition) is 1. The topological polar surface area (TPSA) is 87.8 Å². The Morgan fingerprint density at radius 1 is 1.48 bits per heavy atom. The van der Waals surface area contributed by atoms with E-state index in [2.05, 4.69) is 0 Å². The summed E-state index contributed by atoms with van der Waals surface area (Å²) < 4.78 is 55.4. The molecule has 0 unspecified atom stereocenters. The summed E-state index contributed by atoms with van der Waals surface area (Å²) in [6.45, 7) is -0.140. The third-order valence-electron chi connectivity index (χ3n) is 3.35. The van der Waals surface area contributed by atoms with E-state index in [1.807, 2.05) is 0 Å². The lowest BCUT2D eigenvalue weighted by atomic mass is 9.83. The average molecular weight is 323 g/mol. The van der Waals surface area contributed by atoms with Crippen molar-refractivity contribution in [3.8, 4) is 0 Å². The highest BCUT2D eigenvalue weighted by molar-refractivity contribution is 7.89. The number of aromatic carboxylic acids is 1. The average Bonchev–Trinajstić information content (AvgIpc) is 2.74.